The summed E-state index contributed by atoms with van der Waals surface area (Å²) in [4.78, 5) is 2.28. The van der Waals surface area contributed by atoms with Crippen molar-refractivity contribution in [3.63, 3.8) is 0 Å². The number of aryl methyl sites for hydroxylation is 1. The molecule has 34 heavy (non-hydrogen) atoms. The van der Waals surface area contributed by atoms with Gasteiger partial charge < -0.3 is 9.52 Å². The predicted molar refractivity (Wildman–Crippen MR) is 129 cm³/mol. The van der Waals surface area contributed by atoms with Gasteiger partial charge in [-0.05, 0) is 73.0 Å². The Morgan fingerprint density at radius 3 is 2.06 bits per heavy atom. The third-order valence-corrected chi connectivity index (χ3v) is 5.91. The molecule has 0 atom stereocenters. The Bertz CT molecular complexity index is 1200. The van der Waals surface area contributed by atoms with E-state index in [2.05, 4.69) is 43.0 Å². The standard InChI is InChI=1S/C29H29F2NO2/c1-3-15-32(19-22-8-4-7-21(2)16-22)20-27-13-14-28(34-27)29(33,23-9-5-11-25(30)17-23)24-10-6-12-26(31)18-24/h4-14,16-18,33H,3,15,19-20H2,1-2H3. The molecule has 176 valence electrons. The van der Waals surface area contributed by atoms with Gasteiger partial charge in [-0.3, -0.25) is 4.90 Å². The van der Waals surface area contributed by atoms with Gasteiger partial charge in [-0.1, -0.05) is 61.0 Å². The summed E-state index contributed by atoms with van der Waals surface area (Å²) in [5, 5.41) is 11.9. The Morgan fingerprint density at radius 1 is 0.824 bits per heavy atom. The molecule has 5 heteroatoms. The van der Waals surface area contributed by atoms with E-state index < -0.39 is 17.2 Å². The molecule has 0 saturated carbocycles. The Kier molecular flexibility index (Phi) is 7.25. The molecule has 0 saturated heterocycles. The molecule has 0 aliphatic rings. The van der Waals surface area contributed by atoms with Crippen LogP contribution in [0.3, 0.4) is 0 Å². The summed E-state index contributed by atoms with van der Waals surface area (Å²) in [6, 6.07) is 23.3. The van der Waals surface area contributed by atoms with Crippen molar-refractivity contribution in [2.45, 2.75) is 39.0 Å². The molecule has 1 heterocycles. The van der Waals surface area contributed by atoms with Gasteiger partial charge in [0.05, 0.1) is 6.54 Å². The molecule has 0 fully saturated rings. The van der Waals surface area contributed by atoms with Crippen molar-refractivity contribution in [3.05, 3.63) is 130 Å². The molecule has 0 aliphatic heterocycles. The highest BCUT2D eigenvalue weighted by Gasteiger charge is 2.38. The first-order chi connectivity index (χ1) is 16.4. The quantitative estimate of drug-likeness (QED) is 0.307. The topological polar surface area (TPSA) is 36.6 Å². The van der Waals surface area contributed by atoms with E-state index in [-0.39, 0.29) is 16.9 Å². The van der Waals surface area contributed by atoms with Gasteiger partial charge in [0.25, 0.3) is 0 Å². The lowest BCUT2D eigenvalue weighted by Crippen LogP contribution is -2.28. The van der Waals surface area contributed by atoms with Crippen LogP contribution in [0.1, 0.15) is 47.1 Å². The normalized spacial score (nSPS) is 11.8. The molecule has 3 nitrogen and oxygen atoms in total. The molecular formula is C29H29F2NO2. The fraction of sp³-hybridized carbons (Fsp3) is 0.241. The summed E-state index contributed by atoms with van der Waals surface area (Å²) < 4.78 is 34.3. The van der Waals surface area contributed by atoms with E-state index >= 15 is 0 Å². The molecule has 0 bridgehead atoms. The van der Waals surface area contributed by atoms with Gasteiger partial charge in [0.15, 0.2) is 5.60 Å². The smallest absolute Gasteiger partial charge is 0.173 e. The molecule has 3 aromatic carbocycles. The SMILES string of the molecule is CCCN(Cc1cccc(C)c1)Cc1ccc(C(O)(c2cccc(F)c2)c2cccc(F)c2)o1. The van der Waals surface area contributed by atoms with E-state index in [1.807, 2.05) is 6.07 Å². The van der Waals surface area contributed by atoms with Crippen molar-refractivity contribution < 1.29 is 18.3 Å². The molecular weight excluding hydrogens is 432 g/mol. The summed E-state index contributed by atoms with van der Waals surface area (Å²) >= 11 is 0. The first kappa shape index (κ1) is 23.9. The van der Waals surface area contributed by atoms with E-state index in [4.69, 9.17) is 4.42 Å². The summed E-state index contributed by atoms with van der Waals surface area (Å²) in [5.74, 6) is -0.106. The zero-order chi connectivity index (χ0) is 24.1. The van der Waals surface area contributed by atoms with E-state index in [0.29, 0.717) is 12.3 Å². The van der Waals surface area contributed by atoms with Crippen molar-refractivity contribution in [2.24, 2.45) is 0 Å². The van der Waals surface area contributed by atoms with Crippen LogP contribution in [0.4, 0.5) is 8.78 Å². The third-order valence-electron chi connectivity index (χ3n) is 5.91. The van der Waals surface area contributed by atoms with Crippen LogP contribution in [0.2, 0.25) is 0 Å². The maximum absolute atomic E-state index is 14.1. The Labute approximate surface area is 199 Å². The lowest BCUT2D eigenvalue weighted by Gasteiger charge is -2.27. The second-order valence-corrected chi connectivity index (χ2v) is 8.70. The molecule has 1 aromatic heterocycles. The molecule has 4 aromatic rings. The maximum Gasteiger partial charge on any atom is 0.173 e. The van der Waals surface area contributed by atoms with Crippen LogP contribution >= 0.6 is 0 Å². The summed E-state index contributed by atoms with van der Waals surface area (Å²) in [5.41, 5.74) is 1.13. The first-order valence-corrected chi connectivity index (χ1v) is 11.5. The second-order valence-electron chi connectivity index (χ2n) is 8.70. The number of furan rings is 1. The van der Waals surface area contributed by atoms with Crippen molar-refractivity contribution in [2.75, 3.05) is 6.54 Å². The minimum Gasteiger partial charge on any atom is -0.461 e. The number of halogens is 2. The zero-order valence-electron chi connectivity index (χ0n) is 19.5. The Balaban J connectivity index is 1.67. The van der Waals surface area contributed by atoms with Crippen molar-refractivity contribution in [1.82, 2.24) is 4.90 Å². The number of rotatable bonds is 9. The lowest BCUT2D eigenvalue weighted by molar-refractivity contribution is 0.0945. The molecule has 4 rings (SSSR count). The van der Waals surface area contributed by atoms with Crippen LogP contribution in [-0.2, 0) is 18.7 Å². The number of hydrogen-bond donors (Lipinski definition) is 1. The van der Waals surface area contributed by atoms with E-state index in [1.54, 1.807) is 18.2 Å². The molecule has 0 unspecified atom stereocenters. The lowest BCUT2D eigenvalue weighted by atomic mass is 9.84. The highest BCUT2D eigenvalue weighted by Crippen LogP contribution is 2.38. The van der Waals surface area contributed by atoms with Crippen LogP contribution < -0.4 is 0 Å². The maximum atomic E-state index is 14.1. The zero-order valence-corrected chi connectivity index (χ0v) is 19.5. The van der Waals surface area contributed by atoms with E-state index in [1.165, 1.54) is 47.5 Å². The highest BCUT2D eigenvalue weighted by atomic mass is 19.1. The van der Waals surface area contributed by atoms with Gasteiger partial charge in [0.2, 0.25) is 0 Å². The van der Waals surface area contributed by atoms with Crippen LogP contribution in [0.5, 0.6) is 0 Å². The Morgan fingerprint density at radius 2 is 1.47 bits per heavy atom. The van der Waals surface area contributed by atoms with E-state index in [0.717, 1.165) is 19.5 Å². The van der Waals surface area contributed by atoms with Crippen molar-refractivity contribution >= 4 is 0 Å². The largest absolute Gasteiger partial charge is 0.461 e. The minimum atomic E-state index is -1.84. The van der Waals surface area contributed by atoms with Gasteiger partial charge in [-0.15, -0.1) is 0 Å². The second kappa shape index (κ2) is 10.3. The average molecular weight is 462 g/mol. The Hall–Kier alpha value is -3.28. The first-order valence-electron chi connectivity index (χ1n) is 11.5. The van der Waals surface area contributed by atoms with E-state index in [9.17, 15) is 13.9 Å². The number of aliphatic hydroxyl groups is 1. The molecule has 0 aliphatic carbocycles. The molecule has 0 amide bonds. The van der Waals surface area contributed by atoms with Gasteiger partial charge in [-0.2, -0.15) is 0 Å². The van der Waals surface area contributed by atoms with Crippen molar-refractivity contribution in [1.29, 1.82) is 0 Å². The summed E-state index contributed by atoms with van der Waals surface area (Å²) in [6.07, 6.45) is 0.982. The molecule has 1 N–H and O–H groups in total. The molecule has 0 spiro atoms. The third kappa shape index (κ3) is 5.27. The molecule has 0 radical (unpaired) electrons. The fourth-order valence-corrected chi connectivity index (χ4v) is 4.35. The number of benzene rings is 3. The summed E-state index contributed by atoms with van der Waals surface area (Å²) in [7, 11) is 0. The number of hydrogen-bond acceptors (Lipinski definition) is 3. The fourth-order valence-electron chi connectivity index (χ4n) is 4.35. The van der Waals surface area contributed by atoms with Gasteiger partial charge in [0, 0.05) is 6.54 Å². The number of nitrogens with zero attached hydrogens (tertiary/aromatic N) is 1. The predicted octanol–water partition coefficient (Wildman–Crippen LogP) is 6.56. The average Bonchev–Trinajstić information content (AvgIpc) is 3.28. The monoisotopic (exact) mass is 461 g/mol. The van der Waals surface area contributed by atoms with Gasteiger partial charge in [-0.25, -0.2) is 8.78 Å². The van der Waals surface area contributed by atoms with Crippen LogP contribution in [0, 0.1) is 18.6 Å². The van der Waals surface area contributed by atoms with Gasteiger partial charge >= 0.3 is 0 Å². The summed E-state index contributed by atoms with van der Waals surface area (Å²) in [6.45, 7) is 6.39. The highest BCUT2D eigenvalue weighted by molar-refractivity contribution is 5.44. The van der Waals surface area contributed by atoms with Gasteiger partial charge in [0.1, 0.15) is 23.2 Å². The van der Waals surface area contributed by atoms with Crippen molar-refractivity contribution in [3.8, 4) is 0 Å². The van der Waals surface area contributed by atoms with Crippen LogP contribution in [0.25, 0.3) is 0 Å². The van der Waals surface area contributed by atoms with Crippen LogP contribution in [0.15, 0.2) is 89.3 Å². The minimum absolute atomic E-state index is 0.214. The van der Waals surface area contributed by atoms with Crippen LogP contribution in [-0.4, -0.2) is 16.6 Å².